The second-order valence-electron chi connectivity index (χ2n) is 10.6. The summed E-state index contributed by atoms with van der Waals surface area (Å²) in [5, 5.41) is 3.50. The van der Waals surface area contributed by atoms with Gasteiger partial charge >= 0.3 is 0 Å². The number of carbonyl (C=O) groups is 1. The molecule has 0 aliphatic heterocycles. The highest BCUT2D eigenvalue weighted by Crippen LogP contribution is 2.76. The number of hydrogen-bond acceptors (Lipinski definition) is 3. The van der Waals surface area contributed by atoms with Crippen molar-refractivity contribution in [2.45, 2.75) is 82.2 Å². The highest BCUT2D eigenvalue weighted by atomic mass is 16.5. The van der Waals surface area contributed by atoms with Gasteiger partial charge in [0.2, 0.25) is 5.91 Å². The van der Waals surface area contributed by atoms with Crippen LogP contribution in [-0.4, -0.2) is 31.2 Å². The molecule has 2 unspecified atom stereocenters. The molecule has 5 aliphatic rings. The van der Waals surface area contributed by atoms with E-state index < -0.39 is 0 Å². The van der Waals surface area contributed by atoms with Crippen LogP contribution in [0.15, 0.2) is 30.3 Å². The van der Waals surface area contributed by atoms with Crippen LogP contribution >= 0.6 is 0 Å². The largest absolute Gasteiger partial charge is 0.381 e. The van der Waals surface area contributed by atoms with Crippen molar-refractivity contribution in [1.29, 1.82) is 0 Å². The molecule has 4 nitrogen and oxygen atoms in total. The fourth-order valence-corrected chi connectivity index (χ4v) is 7.82. The van der Waals surface area contributed by atoms with E-state index in [2.05, 4.69) is 42.6 Å². The van der Waals surface area contributed by atoms with E-state index in [1.165, 1.54) is 12.0 Å². The average molecular weight is 397 g/mol. The highest BCUT2D eigenvalue weighted by molar-refractivity contribution is 5.86. The van der Waals surface area contributed by atoms with Gasteiger partial charge in [0.15, 0.2) is 0 Å². The Labute approximate surface area is 175 Å². The maximum atomic E-state index is 13.9. The van der Waals surface area contributed by atoms with Gasteiger partial charge in [-0.2, -0.15) is 0 Å². The number of nitrogens with one attached hydrogen (secondary N) is 1. The molecule has 4 bridgehead atoms. The van der Waals surface area contributed by atoms with Crippen LogP contribution in [-0.2, 0) is 14.9 Å². The molecule has 1 aromatic rings. The summed E-state index contributed by atoms with van der Waals surface area (Å²) in [5.74, 6) is 0.960. The van der Waals surface area contributed by atoms with Gasteiger partial charge in [0.05, 0.1) is 12.0 Å². The molecule has 3 N–H and O–H groups in total. The molecule has 4 heteroatoms. The molecular formula is C25H36N2O2. The number of amides is 1. The van der Waals surface area contributed by atoms with Crippen molar-refractivity contribution in [3.05, 3.63) is 35.9 Å². The molecule has 0 radical (unpaired) electrons. The van der Waals surface area contributed by atoms with Gasteiger partial charge in [0.25, 0.3) is 0 Å². The molecule has 0 saturated heterocycles. The lowest BCUT2D eigenvalue weighted by molar-refractivity contribution is -0.140. The van der Waals surface area contributed by atoms with E-state index in [4.69, 9.17) is 10.5 Å². The third kappa shape index (κ3) is 2.97. The summed E-state index contributed by atoms with van der Waals surface area (Å²) in [6.45, 7) is 3.53. The molecule has 158 valence electrons. The Hall–Kier alpha value is -1.39. The molecule has 29 heavy (non-hydrogen) atoms. The van der Waals surface area contributed by atoms with Gasteiger partial charge in [-0.05, 0) is 81.6 Å². The number of rotatable bonds is 6. The first-order chi connectivity index (χ1) is 14.0. The van der Waals surface area contributed by atoms with Crippen molar-refractivity contribution >= 4 is 5.91 Å². The molecule has 1 aromatic carbocycles. The summed E-state index contributed by atoms with van der Waals surface area (Å²) < 4.78 is 6.05. The van der Waals surface area contributed by atoms with E-state index in [0.717, 1.165) is 64.6 Å². The van der Waals surface area contributed by atoms with E-state index in [9.17, 15) is 4.79 Å². The SMILES string of the molecule is CCOC[C@]12CC3CC1(C(=O)NC1CCC(N)CC1)C[C@@](c1ccccc1)(C3)C2. The Morgan fingerprint density at radius 1 is 1.10 bits per heavy atom. The zero-order valence-electron chi connectivity index (χ0n) is 17.8. The lowest BCUT2D eigenvalue weighted by Crippen LogP contribution is -2.52. The predicted octanol–water partition coefficient (Wildman–Crippen LogP) is 3.93. The van der Waals surface area contributed by atoms with Crippen LogP contribution in [0.5, 0.6) is 0 Å². The van der Waals surface area contributed by atoms with Crippen molar-refractivity contribution in [2.75, 3.05) is 13.2 Å². The van der Waals surface area contributed by atoms with Crippen LogP contribution in [0.2, 0.25) is 0 Å². The molecule has 5 fully saturated rings. The van der Waals surface area contributed by atoms with E-state index in [-0.39, 0.29) is 16.2 Å². The minimum absolute atomic E-state index is 0.00305. The predicted molar refractivity (Wildman–Crippen MR) is 114 cm³/mol. The Balaban J connectivity index is 1.46. The second kappa shape index (κ2) is 7.09. The van der Waals surface area contributed by atoms with Crippen LogP contribution < -0.4 is 11.1 Å². The van der Waals surface area contributed by atoms with Crippen LogP contribution in [0.25, 0.3) is 0 Å². The Morgan fingerprint density at radius 2 is 1.86 bits per heavy atom. The van der Waals surface area contributed by atoms with Crippen LogP contribution in [0.4, 0.5) is 0 Å². The molecule has 4 atom stereocenters. The summed E-state index contributed by atoms with van der Waals surface area (Å²) in [4.78, 5) is 13.9. The number of nitrogens with two attached hydrogens (primary N) is 1. The Kier molecular flexibility index (Phi) is 4.78. The molecule has 6 rings (SSSR count). The normalized spacial score (nSPS) is 42.9. The van der Waals surface area contributed by atoms with Gasteiger partial charge in [-0.3, -0.25) is 4.79 Å². The van der Waals surface area contributed by atoms with Gasteiger partial charge in [0.1, 0.15) is 0 Å². The summed E-state index contributed by atoms with van der Waals surface area (Å²) >= 11 is 0. The number of carbonyl (C=O) groups excluding carboxylic acids is 1. The quantitative estimate of drug-likeness (QED) is 0.766. The van der Waals surface area contributed by atoms with Gasteiger partial charge in [-0.25, -0.2) is 0 Å². The first kappa shape index (κ1) is 19.6. The van der Waals surface area contributed by atoms with Gasteiger partial charge in [-0.1, -0.05) is 30.3 Å². The van der Waals surface area contributed by atoms with Crippen LogP contribution in [0.1, 0.15) is 70.3 Å². The third-order valence-electron chi connectivity index (χ3n) is 8.84. The van der Waals surface area contributed by atoms with E-state index in [1.807, 2.05) is 0 Å². The zero-order chi connectivity index (χ0) is 20.1. The van der Waals surface area contributed by atoms with Crippen LogP contribution in [0.3, 0.4) is 0 Å². The summed E-state index contributed by atoms with van der Waals surface area (Å²) in [7, 11) is 0. The lowest BCUT2D eigenvalue weighted by Gasteiger charge is -2.41. The average Bonchev–Trinajstić information content (AvgIpc) is 3.08. The Bertz CT molecular complexity index is 759. The number of hydrogen-bond donors (Lipinski definition) is 2. The lowest BCUT2D eigenvalue weighted by atomic mass is 9.63. The van der Waals surface area contributed by atoms with Crippen molar-refractivity contribution in [3.8, 4) is 0 Å². The fraction of sp³-hybridized carbons (Fsp3) is 0.720. The standard InChI is InChI=1S/C25H36N2O2/c1-2-29-17-24-13-18-12-23(15-24,19-6-4-3-5-7-19)16-25(24,14-18)22(28)27-21-10-8-20(26)9-11-21/h3-7,18,20-21H,2,8-17,26H2,1H3,(H,27,28)/t18?,20?,21?,23-,24-,25?/m1/s1. The zero-order valence-corrected chi connectivity index (χ0v) is 17.8. The van der Waals surface area contributed by atoms with E-state index in [1.54, 1.807) is 0 Å². The minimum Gasteiger partial charge on any atom is -0.381 e. The smallest absolute Gasteiger partial charge is 0.227 e. The molecule has 0 spiro atoms. The number of ether oxygens (including phenoxy) is 1. The molecule has 0 aromatic heterocycles. The van der Waals surface area contributed by atoms with Crippen LogP contribution in [0, 0.1) is 16.7 Å². The van der Waals surface area contributed by atoms with Gasteiger partial charge < -0.3 is 15.8 Å². The van der Waals surface area contributed by atoms with Crippen molar-refractivity contribution in [1.82, 2.24) is 5.32 Å². The van der Waals surface area contributed by atoms with Gasteiger partial charge in [0, 0.05) is 24.1 Å². The Morgan fingerprint density at radius 3 is 2.59 bits per heavy atom. The maximum Gasteiger partial charge on any atom is 0.227 e. The van der Waals surface area contributed by atoms with E-state index >= 15 is 0 Å². The fourth-order valence-electron chi connectivity index (χ4n) is 7.82. The van der Waals surface area contributed by atoms with Gasteiger partial charge in [-0.15, -0.1) is 0 Å². The first-order valence-electron chi connectivity index (χ1n) is 11.7. The monoisotopic (exact) mass is 396 g/mol. The third-order valence-corrected chi connectivity index (χ3v) is 8.84. The highest BCUT2D eigenvalue weighted by Gasteiger charge is 2.74. The molecule has 0 heterocycles. The van der Waals surface area contributed by atoms with Crippen molar-refractivity contribution < 1.29 is 9.53 Å². The number of benzene rings is 1. The summed E-state index contributed by atoms with van der Waals surface area (Å²) in [5.41, 5.74) is 7.40. The first-order valence-corrected chi connectivity index (χ1v) is 11.7. The maximum absolute atomic E-state index is 13.9. The summed E-state index contributed by atoms with van der Waals surface area (Å²) in [6.07, 6.45) is 9.63. The molecule has 5 saturated carbocycles. The van der Waals surface area contributed by atoms with Crippen molar-refractivity contribution in [3.63, 3.8) is 0 Å². The molecule has 1 amide bonds. The van der Waals surface area contributed by atoms with E-state index in [0.29, 0.717) is 23.9 Å². The molecular weight excluding hydrogens is 360 g/mol. The van der Waals surface area contributed by atoms with Crippen molar-refractivity contribution in [2.24, 2.45) is 22.5 Å². The minimum atomic E-state index is -0.263. The topological polar surface area (TPSA) is 64.3 Å². The summed E-state index contributed by atoms with van der Waals surface area (Å²) in [6, 6.07) is 11.6. The second-order valence-corrected chi connectivity index (χ2v) is 10.6. The molecule has 5 aliphatic carbocycles.